The van der Waals surface area contributed by atoms with E-state index in [2.05, 4.69) is 0 Å². The first-order valence-electron chi connectivity index (χ1n) is 5.63. The van der Waals surface area contributed by atoms with Crippen molar-refractivity contribution in [2.24, 2.45) is 5.73 Å². The van der Waals surface area contributed by atoms with Crippen LogP contribution < -0.4 is 5.73 Å². The van der Waals surface area contributed by atoms with Gasteiger partial charge in [0.25, 0.3) is 5.69 Å². The first-order chi connectivity index (χ1) is 9.56. The molecule has 1 amide bonds. The number of nitrogens with two attached hydrogens (primary N) is 1. The van der Waals surface area contributed by atoms with E-state index in [1.54, 1.807) is 36.4 Å². The van der Waals surface area contributed by atoms with E-state index in [1.165, 1.54) is 12.1 Å². The summed E-state index contributed by atoms with van der Waals surface area (Å²) in [5, 5.41) is 20.2. The van der Waals surface area contributed by atoms with Crippen LogP contribution in [0.3, 0.4) is 0 Å². The van der Waals surface area contributed by atoms with E-state index >= 15 is 0 Å². The van der Waals surface area contributed by atoms with Crippen LogP contribution in [0.5, 0.6) is 0 Å². The molecule has 0 atom stereocenters. The lowest BCUT2D eigenvalue weighted by atomic mass is 9.94. The standard InChI is InChI=1S/C14H9N3O3/c15-8-10-6-7-11(14(16)18)12(13(10)17(19)20)9-4-2-1-3-5-9/h1-7H,(H2,16,18). The van der Waals surface area contributed by atoms with Crippen molar-refractivity contribution in [3.8, 4) is 17.2 Å². The summed E-state index contributed by atoms with van der Waals surface area (Å²) < 4.78 is 0. The molecule has 6 heteroatoms. The number of rotatable bonds is 3. The lowest BCUT2D eigenvalue weighted by Crippen LogP contribution is -2.14. The lowest BCUT2D eigenvalue weighted by molar-refractivity contribution is -0.384. The average molecular weight is 267 g/mol. The Kier molecular flexibility index (Phi) is 3.44. The Bertz CT molecular complexity index is 733. The maximum absolute atomic E-state index is 11.5. The number of carbonyl (C=O) groups is 1. The van der Waals surface area contributed by atoms with Gasteiger partial charge in [-0.2, -0.15) is 5.26 Å². The maximum atomic E-state index is 11.5. The summed E-state index contributed by atoms with van der Waals surface area (Å²) in [4.78, 5) is 22.1. The van der Waals surface area contributed by atoms with Gasteiger partial charge in [-0.05, 0) is 17.7 Å². The monoisotopic (exact) mass is 267 g/mol. The number of nitro benzene ring substituents is 1. The van der Waals surface area contributed by atoms with Gasteiger partial charge in [-0.25, -0.2) is 0 Å². The van der Waals surface area contributed by atoms with Gasteiger partial charge in [0.15, 0.2) is 0 Å². The van der Waals surface area contributed by atoms with Crippen LogP contribution >= 0.6 is 0 Å². The normalized spacial score (nSPS) is 9.75. The van der Waals surface area contributed by atoms with Crippen molar-refractivity contribution >= 4 is 11.6 Å². The molecule has 0 saturated carbocycles. The maximum Gasteiger partial charge on any atom is 0.295 e. The third-order valence-electron chi connectivity index (χ3n) is 2.81. The highest BCUT2D eigenvalue weighted by Crippen LogP contribution is 2.35. The molecule has 0 aliphatic rings. The Labute approximate surface area is 114 Å². The zero-order chi connectivity index (χ0) is 14.7. The molecule has 2 N–H and O–H groups in total. The summed E-state index contributed by atoms with van der Waals surface area (Å²) in [5.41, 5.74) is 5.30. The predicted octanol–water partition coefficient (Wildman–Crippen LogP) is 2.23. The number of carbonyl (C=O) groups excluding carboxylic acids is 1. The third kappa shape index (κ3) is 2.20. The Balaban J connectivity index is 2.90. The van der Waals surface area contributed by atoms with E-state index in [0.717, 1.165) is 0 Å². The molecule has 2 rings (SSSR count). The molecule has 0 aliphatic heterocycles. The minimum Gasteiger partial charge on any atom is -0.366 e. The summed E-state index contributed by atoms with van der Waals surface area (Å²) in [6, 6.07) is 12.7. The molecule has 0 bridgehead atoms. The van der Waals surface area contributed by atoms with Crippen LogP contribution in [0.25, 0.3) is 11.1 Å². The molecule has 0 saturated heterocycles. The van der Waals surface area contributed by atoms with Crippen LogP contribution in [0.1, 0.15) is 15.9 Å². The van der Waals surface area contributed by atoms with E-state index in [4.69, 9.17) is 11.0 Å². The fraction of sp³-hybridized carbons (Fsp3) is 0. The zero-order valence-corrected chi connectivity index (χ0v) is 10.2. The van der Waals surface area contributed by atoms with Gasteiger partial charge < -0.3 is 5.73 Å². The van der Waals surface area contributed by atoms with Gasteiger partial charge in [-0.3, -0.25) is 14.9 Å². The smallest absolute Gasteiger partial charge is 0.295 e. The van der Waals surface area contributed by atoms with E-state index in [-0.39, 0.29) is 16.7 Å². The third-order valence-corrected chi connectivity index (χ3v) is 2.81. The van der Waals surface area contributed by atoms with Crippen LogP contribution in [0.15, 0.2) is 42.5 Å². The van der Waals surface area contributed by atoms with E-state index in [9.17, 15) is 14.9 Å². The number of hydrogen-bond acceptors (Lipinski definition) is 4. The molecular weight excluding hydrogens is 258 g/mol. The molecule has 0 radical (unpaired) electrons. The Morgan fingerprint density at radius 3 is 2.35 bits per heavy atom. The Hall–Kier alpha value is -3.20. The highest BCUT2D eigenvalue weighted by molar-refractivity contribution is 6.03. The number of hydrogen-bond donors (Lipinski definition) is 1. The Morgan fingerprint density at radius 1 is 1.20 bits per heavy atom. The van der Waals surface area contributed by atoms with Gasteiger partial charge in [0.2, 0.25) is 5.91 Å². The summed E-state index contributed by atoms with van der Waals surface area (Å²) >= 11 is 0. The minimum atomic E-state index is -0.781. The van der Waals surface area contributed by atoms with Crippen molar-refractivity contribution in [3.05, 3.63) is 63.7 Å². The largest absolute Gasteiger partial charge is 0.366 e. The molecule has 2 aromatic carbocycles. The number of primary amides is 1. The Morgan fingerprint density at radius 2 is 1.85 bits per heavy atom. The molecular formula is C14H9N3O3. The minimum absolute atomic E-state index is 0.0156. The fourth-order valence-corrected chi connectivity index (χ4v) is 1.97. The summed E-state index contributed by atoms with van der Waals surface area (Å²) in [5.74, 6) is -0.781. The number of nitro groups is 1. The second kappa shape index (κ2) is 5.20. The first-order valence-corrected chi connectivity index (χ1v) is 5.63. The van der Waals surface area contributed by atoms with Crippen molar-refractivity contribution in [2.75, 3.05) is 0 Å². The van der Waals surface area contributed by atoms with Crippen LogP contribution in [-0.2, 0) is 0 Å². The lowest BCUT2D eigenvalue weighted by Gasteiger charge is -2.09. The highest BCUT2D eigenvalue weighted by Gasteiger charge is 2.26. The van der Waals surface area contributed by atoms with Gasteiger partial charge in [0.1, 0.15) is 11.6 Å². The number of amides is 1. The molecule has 0 unspecified atom stereocenters. The van der Waals surface area contributed by atoms with E-state index < -0.39 is 16.5 Å². The van der Waals surface area contributed by atoms with Gasteiger partial charge >= 0.3 is 0 Å². The number of nitriles is 1. The van der Waals surface area contributed by atoms with E-state index in [1.807, 2.05) is 0 Å². The highest BCUT2D eigenvalue weighted by atomic mass is 16.6. The molecule has 2 aromatic rings. The summed E-state index contributed by atoms with van der Waals surface area (Å²) in [6.07, 6.45) is 0. The van der Waals surface area contributed by atoms with Crippen LogP contribution in [-0.4, -0.2) is 10.8 Å². The predicted molar refractivity (Wildman–Crippen MR) is 71.8 cm³/mol. The molecule has 0 fully saturated rings. The van der Waals surface area contributed by atoms with Crippen molar-refractivity contribution in [1.29, 1.82) is 5.26 Å². The molecule has 20 heavy (non-hydrogen) atoms. The summed E-state index contributed by atoms with van der Waals surface area (Å²) in [7, 11) is 0. The SMILES string of the molecule is N#Cc1ccc(C(N)=O)c(-c2ccccc2)c1[N+](=O)[O-]. The van der Waals surface area contributed by atoms with Crippen molar-refractivity contribution < 1.29 is 9.72 Å². The molecule has 0 heterocycles. The number of benzene rings is 2. The summed E-state index contributed by atoms with van der Waals surface area (Å²) in [6.45, 7) is 0. The quantitative estimate of drug-likeness (QED) is 0.678. The molecule has 0 aliphatic carbocycles. The second-order valence-corrected chi connectivity index (χ2v) is 3.98. The van der Waals surface area contributed by atoms with Crippen LogP contribution in [0.2, 0.25) is 0 Å². The van der Waals surface area contributed by atoms with Crippen molar-refractivity contribution in [3.63, 3.8) is 0 Å². The first kappa shape index (κ1) is 13.2. The average Bonchev–Trinajstić information content (AvgIpc) is 2.46. The second-order valence-electron chi connectivity index (χ2n) is 3.98. The molecule has 98 valence electrons. The van der Waals surface area contributed by atoms with Crippen molar-refractivity contribution in [1.82, 2.24) is 0 Å². The van der Waals surface area contributed by atoms with Gasteiger partial charge in [-0.15, -0.1) is 0 Å². The number of nitrogens with zero attached hydrogens (tertiary/aromatic N) is 2. The zero-order valence-electron chi connectivity index (χ0n) is 10.2. The molecule has 6 nitrogen and oxygen atoms in total. The fourth-order valence-electron chi connectivity index (χ4n) is 1.97. The topological polar surface area (TPSA) is 110 Å². The molecule has 0 aromatic heterocycles. The van der Waals surface area contributed by atoms with Crippen LogP contribution in [0, 0.1) is 21.4 Å². The van der Waals surface area contributed by atoms with Gasteiger partial charge in [0, 0.05) is 0 Å². The van der Waals surface area contributed by atoms with Crippen LogP contribution in [0.4, 0.5) is 5.69 Å². The van der Waals surface area contributed by atoms with E-state index in [0.29, 0.717) is 5.56 Å². The molecule has 0 spiro atoms. The van der Waals surface area contributed by atoms with Gasteiger partial charge in [-0.1, -0.05) is 30.3 Å². The van der Waals surface area contributed by atoms with Gasteiger partial charge in [0.05, 0.1) is 16.1 Å². The van der Waals surface area contributed by atoms with Crippen molar-refractivity contribution in [2.45, 2.75) is 0 Å².